The van der Waals surface area contributed by atoms with Gasteiger partial charge in [-0.3, -0.25) is 4.31 Å². The van der Waals surface area contributed by atoms with Crippen molar-refractivity contribution in [2.45, 2.75) is 13.3 Å². The molecule has 19 heavy (non-hydrogen) atoms. The van der Waals surface area contributed by atoms with Gasteiger partial charge in [-0.15, -0.1) is 0 Å². The number of hydrogen-bond acceptors (Lipinski definition) is 4. The van der Waals surface area contributed by atoms with Crippen molar-refractivity contribution >= 4 is 21.7 Å². The first-order chi connectivity index (χ1) is 9.01. The molecule has 0 spiro atoms. The summed E-state index contributed by atoms with van der Waals surface area (Å²) in [7, 11) is -3.64. The van der Waals surface area contributed by atoms with Crippen LogP contribution in [0, 0.1) is 0 Å². The number of anilines is 1. The normalized spacial score (nSPS) is 12.4. The number of benzene rings is 1. The molecule has 0 fully saturated rings. The molecule has 1 rings (SSSR count). The molecule has 0 bridgehead atoms. The molecule has 1 aromatic rings. The van der Waals surface area contributed by atoms with Crippen LogP contribution in [0.1, 0.15) is 13.3 Å². The Bertz CT molecular complexity index is 516. The number of amidine groups is 1. The Hall–Kier alpha value is -1.80. The molecule has 0 aliphatic carbocycles. The predicted molar refractivity (Wildman–Crippen MR) is 74.4 cm³/mol. The highest BCUT2D eigenvalue weighted by atomic mass is 32.2. The SMILES string of the molecule is CCNS(=O)(=O)N(CC/C(N)=N/O)c1ccccc1. The smallest absolute Gasteiger partial charge is 0.301 e. The molecule has 0 radical (unpaired) electrons. The van der Waals surface area contributed by atoms with Crippen molar-refractivity contribution in [1.82, 2.24) is 4.72 Å². The van der Waals surface area contributed by atoms with Crippen LogP contribution >= 0.6 is 0 Å². The van der Waals surface area contributed by atoms with E-state index in [0.717, 1.165) is 0 Å². The highest BCUT2D eigenvalue weighted by Gasteiger charge is 2.21. The monoisotopic (exact) mass is 286 g/mol. The molecule has 8 heteroatoms. The van der Waals surface area contributed by atoms with Gasteiger partial charge in [0.05, 0.1) is 5.69 Å². The van der Waals surface area contributed by atoms with Gasteiger partial charge in [-0.1, -0.05) is 30.3 Å². The average molecular weight is 286 g/mol. The minimum absolute atomic E-state index is 0.0207. The lowest BCUT2D eigenvalue weighted by Crippen LogP contribution is -2.42. The van der Waals surface area contributed by atoms with E-state index < -0.39 is 10.2 Å². The molecular formula is C11H18N4O3S. The second kappa shape index (κ2) is 6.95. The number of oxime groups is 1. The van der Waals surface area contributed by atoms with Gasteiger partial charge < -0.3 is 10.9 Å². The first-order valence-corrected chi connectivity index (χ1v) is 7.24. The Morgan fingerprint density at radius 1 is 1.42 bits per heavy atom. The molecule has 0 aromatic heterocycles. The van der Waals surface area contributed by atoms with Crippen LogP contribution in [0.2, 0.25) is 0 Å². The van der Waals surface area contributed by atoms with Crippen LogP contribution in [0.15, 0.2) is 35.5 Å². The molecule has 0 atom stereocenters. The molecular weight excluding hydrogens is 268 g/mol. The van der Waals surface area contributed by atoms with Crippen LogP contribution in [0.3, 0.4) is 0 Å². The molecule has 0 saturated heterocycles. The van der Waals surface area contributed by atoms with E-state index in [0.29, 0.717) is 5.69 Å². The van der Waals surface area contributed by atoms with Crippen LogP contribution in [-0.4, -0.2) is 32.6 Å². The Kier molecular flexibility index (Phi) is 5.58. The van der Waals surface area contributed by atoms with E-state index in [4.69, 9.17) is 10.9 Å². The molecule has 0 amide bonds. The zero-order valence-electron chi connectivity index (χ0n) is 10.7. The fourth-order valence-electron chi connectivity index (χ4n) is 1.51. The zero-order valence-corrected chi connectivity index (χ0v) is 11.5. The minimum Gasteiger partial charge on any atom is -0.409 e. The highest BCUT2D eigenvalue weighted by Crippen LogP contribution is 2.16. The number of nitrogens with two attached hydrogens (primary N) is 1. The summed E-state index contributed by atoms with van der Waals surface area (Å²) in [5.41, 5.74) is 5.90. The third kappa shape index (κ3) is 4.42. The van der Waals surface area contributed by atoms with Gasteiger partial charge >= 0.3 is 10.2 Å². The van der Waals surface area contributed by atoms with Crippen molar-refractivity contribution < 1.29 is 13.6 Å². The van der Waals surface area contributed by atoms with Gasteiger partial charge in [-0.25, -0.2) is 0 Å². The maximum Gasteiger partial charge on any atom is 0.301 e. The minimum atomic E-state index is -3.64. The fraction of sp³-hybridized carbons (Fsp3) is 0.364. The van der Waals surface area contributed by atoms with E-state index in [1.54, 1.807) is 37.3 Å². The zero-order chi connectivity index (χ0) is 14.3. The lowest BCUT2D eigenvalue weighted by atomic mass is 10.3. The Morgan fingerprint density at radius 2 is 2.05 bits per heavy atom. The van der Waals surface area contributed by atoms with Gasteiger partial charge in [0, 0.05) is 19.5 Å². The largest absolute Gasteiger partial charge is 0.409 e. The molecule has 4 N–H and O–H groups in total. The van der Waals surface area contributed by atoms with Gasteiger partial charge in [-0.2, -0.15) is 13.1 Å². The molecule has 0 heterocycles. The Balaban J connectivity index is 2.98. The van der Waals surface area contributed by atoms with E-state index >= 15 is 0 Å². The van der Waals surface area contributed by atoms with Crippen molar-refractivity contribution in [3.05, 3.63) is 30.3 Å². The Labute approximate surface area is 112 Å². The van der Waals surface area contributed by atoms with Crippen molar-refractivity contribution in [3.63, 3.8) is 0 Å². The maximum absolute atomic E-state index is 12.1. The first kappa shape index (κ1) is 15.3. The lowest BCUT2D eigenvalue weighted by molar-refractivity contribution is 0.317. The summed E-state index contributed by atoms with van der Waals surface area (Å²) in [5.74, 6) is -0.0207. The number of hydrogen-bond donors (Lipinski definition) is 3. The predicted octanol–water partition coefficient (Wildman–Crippen LogP) is 0.484. The van der Waals surface area contributed by atoms with E-state index in [1.165, 1.54) is 4.31 Å². The van der Waals surface area contributed by atoms with Crippen LogP contribution < -0.4 is 14.8 Å². The van der Waals surface area contributed by atoms with E-state index in [1.807, 2.05) is 0 Å². The summed E-state index contributed by atoms with van der Waals surface area (Å²) in [4.78, 5) is 0. The van der Waals surface area contributed by atoms with Crippen molar-refractivity contribution in [2.75, 3.05) is 17.4 Å². The maximum atomic E-state index is 12.1. The average Bonchev–Trinajstić information content (AvgIpc) is 2.39. The third-order valence-corrected chi connectivity index (χ3v) is 3.99. The fourth-order valence-corrected chi connectivity index (χ4v) is 2.76. The van der Waals surface area contributed by atoms with Gasteiger partial charge in [0.1, 0.15) is 5.84 Å². The van der Waals surface area contributed by atoms with Crippen molar-refractivity contribution in [3.8, 4) is 0 Å². The van der Waals surface area contributed by atoms with E-state index in [-0.39, 0.29) is 25.3 Å². The van der Waals surface area contributed by atoms with Gasteiger partial charge in [-0.05, 0) is 12.1 Å². The third-order valence-electron chi connectivity index (χ3n) is 2.36. The van der Waals surface area contributed by atoms with E-state index in [9.17, 15) is 8.42 Å². The number of nitrogens with one attached hydrogen (secondary N) is 1. The summed E-state index contributed by atoms with van der Waals surface area (Å²) in [6.07, 6.45) is 0.135. The summed E-state index contributed by atoms with van der Waals surface area (Å²) in [6.45, 7) is 2.08. The van der Waals surface area contributed by atoms with Gasteiger partial charge in [0.2, 0.25) is 0 Å². The van der Waals surface area contributed by atoms with Crippen LogP contribution in [0.25, 0.3) is 0 Å². The van der Waals surface area contributed by atoms with Crippen LogP contribution in [0.5, 0.6) is 0 Å². The number of rotatable bonds is 7. The van der Waals surface area contributed by atoms with Crippen molar-refractivity contribution in [2.24, 2.45) is 10.9 Å². The molecule has 1 aromatic carbocycles. The van der Waals surface area contributed by atoms with Gasteiger partial charge in [0.25, 0.3) is 0 Å². The number of nitrogens with zero attached hydrogens (tertiary/aromatic N) is 2. The molecule has 0 unspecified atom stereocenters. The Morgan fingerprint density at radius 3 is 2.58 bits per heavy atom. The second-order valence-corrected chi connectivity index (χ2v) is 5.43. The molecule has 0 aliphatic heterocycles. The van der Waals surface area contributed by atoms with Crippen LogP contribution in [-0.2, 0) is 10.2 Å². The topological polar surface area (TPSA) is 108 Å². The lowest BCUT2D eigenvalue weighted by Gasteiger charge is -2.24. The molecule has 106 valence electrons. The summed E-state index contributed by atoms with van der Waals surface area (Å²) in [6, 6.07) is 8.65. The molecule has 0 aliphatic rings. The van der Waals surface area contributed by atoms with E-state index in [2.05, 4.69) is 9.88 Å². The quantitative estimate of drug-likeness (QED) is 0.293. The number of para-hydroxylation sites is 1. The standard InChI is InChI=1S/C11H18N4O3S/c1-2-13-19(17,18)15(9-8-11(12)14-16)10-6-4-3-5-7-10/h3-7,13,16H,2,8-9H2,1H3,(H2,12,14). The first-order valence-electron chi connectivity index (χ1n) is 5.80. The summed E-state index contributed by atoms with van der Waals surface area (Å²) in [5, 5.41) is 11.3. The van der Waals surface area contributed by atoms with Crippen LogP contribution in [0.4, 0.5) is 5.69 Å². The van der Waals surface area contributed by atoms with Crippen molar-refractivity contribution in [1.29, 1.82) is 0 Å². The highest BCUT2D eigenvalue weighted by molar-refractivity contribution is 7.90. The van der Waals surface area contributed by atoms with Gasteiger partial charge in [0.15, 0.2) is 0 Å². The second-order valence-electron chi connectivity index (χ2n) is 3.75. The molecule has 7 nitrogen and oxygen atoms in total. The molecule has 0 saturated carbocycles. The summed E-state index contributed by atoms with van der Waals surface area (Å²) < 4.78 is 27.8. The summed E-state index contributed by atoms with van der Waals surface area (Å²) >= 11 is 0.